The first kappa shape index (κ1) is 17.4. The first-order chi connectivity index (χ1) is 12.0. The Hall–Kier alpha value is -2.39. The third kappa shape index (κ3) is 3.67. The van der Waals surface area contributed by atoms with Crippen molar-refractivity contribution in [2.24, 2.45) is 0 Å². The Morgan fingerprint density at radius 2 is 1.88 bits per heavy atom. The Morgan fingerprint density at radius 3 is 2.60 bits per heavy atom. The minimum absolute atomic E-state index is 0.0209. The topological polar surface area (TPSA) is 81.9 Å². The van der Waals surface area contributed by atoms with Crippen LogP contribution >= 0.6 is 34.8 Å². The molecule has 3 aromatic rings. The van der Waals surface area contributed by atoms with E-state index in [9.17, 15) is 10.4 Å². The number of aromatic nitrogens is 2. The molecule has 1 aromatic heterocycles. The Balaban J connectivity index is 1.87. The number of hydrogen-bond donors (Lipinski definition) is 2. The highest BCUT2D eigenvalue weighted by Gasteiger charge is 2.15. The number of hydrogen-bond acceptors (Lipinski definition) is 4. The molecule has 0 saturated heterocycles. The molecule has 0 atom stereocenters. The number of aliphatic hydroxyl groups is 1. The zero-order valence-corrected chi connectivity index (χ0v) is 14.8. The number of aromatic amines is 1. The van der Waals surface area contributed by atoms with Crippen LogP contribution in [0, 0.1) is 11.3 Å². The summed E-state index contributed by atoms with van der Waals surface area (Å²) in [5.74, 6) is 0.207. The Labute approximate surface area is 158 Å². The fraction of sp³-hybridized carbons (Fsp3) is 0.0588. The molecule has 3 rings (SSSR count). The van der Waals surface area contributed by atoms with Gasteiger partial charge in [0.15, 0.2) is 11.6 Å². The molecule has 0 unspecified atom stereocenters. The quantitative estimate of drug-likeness (QED) is 0.353. The highest BCUT2D eigenvalue weighted by Crippen LogP contribution is 2.34. The standard InChI is InChI=1S/C17H10Cl3N3O2/c18-10-5-12(20)16(6-11(10)19)25-8-15(24)9(7-21)17-22-13-3-1-2-4-14(13)23-17/h1-6,24H,8H2,(H,22,23)/b15-9-. The maximum atomic E-state index is 10.2. The molecular formula is C17H10Cl3N3O2. The largest absolute Gasteiger partial charge is 0.507 e. The van der Waals surface area contributed by atoms with Gasteiger partial charge in [0.25, 0.3) is 0 Å². The van der Waals surface area contributed by atoms with Crippen LogP contribution in [0.15, 0.2) is 42.2 Å². The third-order valence-corrected chi connectivity index (χ3v) is 4.38. The summed E-state index contributed by atoms with van der Waals surface area (Å²) in [7, 11) is 0. The number of allylic oxidation sites excluding steroid dienone is 1. The molecule has 0 saturated carbocycles. The second kappa shape index (κ2) is 7.24. The van der Waals surface area contributed by atoms with E-state index in [2.05, 4.69) is 9.97 Å². The van der Waals surface area contributed by atoms with Crippen LogP contribution in [0.4, 0.5) is 0 Å². The molecule has 0 bridgehead atoms. The molecule has 0 fully saturated rings. The van der Waals surface area contributed by atoms with Crippen molar-refractivity contribution in [1.29, 1.82) is 5.26 Å². The molecule has 0 amide bonds. The number of nitrogens with one attached hydrogen (secondary N) is 1. The molecule has 0 aliphatic carbocycles. The Kier molecular flexibility index (Phi) is 5.05. The number of ether oxygens (including phenoxy) is 1. The van der Waals surface area contributed by atoms with E-state index >= 15 is 0 Å². The molecule has 1 heterocycles. The van der Waals surface area contributed by atoms with Gasteiger partial charge in [-0.15, -0.1) is 0 Å². The average Bonchev–Trinajstić information content (AvgIpc) is 3.01. The molecule has 5 nitrogen and oxygen atoms in total. The van der Waals surface area contributed by atoms with Gasteiger partial charge >= 0.3 is 0 Å². The van der Waals surface area contributed by atoms with Gasteiger partial charge in [0.05, 0.1) is 26.1 Å². The van der Waals surface area contributed by atoms with E-state index in [1.54, 1.807) is 6.07 Å². The van der Waals surface area contributed by atoms with Crippen molar-refractivity contribution in [2.45, 2.75) is 0 Å². The van der Waals surface area contributed by atoms with E-state index in [4.69, 9.17) is 39.5 Å². The summed E-state index contributed by atoms with van der Waals surface area (Å²) >= 11 is 17.8. The van der Waals surface area contributed by atoms with Crippen LogP contribution in [-0.4, -0.2) is 21.7 Å². The van der Waals surface area contributed by atoms with Gasteiger partial charge in [-0.25, -0.2) is 4.98 Å². The molecule has 2 aromatic carbocycles. The van der Waals surface area contributed by atoms with Crippen molar-refractivity contribution < 1.29 is 9.84 Å². The monoisotopic (exact) mass is 393 g/mol. The summed E-state index contributed by atoms with van der Waals surface area (Å²) in [5, 5.41) is 20.4. The minimum atomic E-state index is -0.288. The minimum Gasteiger partial charge on any atom is -0.507 e. The normalized spacial score (nSPS) is 11.9. The summed E-state index contributed by atoms with van der Waals surface area (Å²) in [6.07, 6.45) is 0. The lowest BCUT2D eigenvalue weighted by Crippen LogP contribution is -2.04. The van der Waals surface area contributed by atoms with Crippen LogP contribution in [0.5, 0.6) is 5.75 Å². The van der Waals surface area contributed by atoms with Gasteiger partial charge in [-0.2, -0.15) is 5.26 Å². The van der Waals surface area contributed by atoms with Crippen molar-refractivity contribution in [3.63, 3.8) is 0 Å². The summed E-state index contributed by atoms with van der Waals surface area (Å²) in [5.41, 5.74) is 1.42. The molecule has 0 radical (unpaired) electrons. The van der Waals surface area contributed by atoms with E-state index in [-0.39, 0.29) is 39.6 Å². The number of halogens is 3. The van der Waals surface area contributed by atoms with E-state index in [1.165, 1.54) is 12.1 Å². The van der Waals surface area contributed by atoms with Crippen molar-refractivity contribution in [3.8, 4) is 11.8 Å². The van der Waals surface area contributed by atoms with Crippen molar-refractivity contribution in [3.05, 3.63) is 63.0 Å². The van der Waals surface area contributed by atoms with Gasteiger partial charge in [-0.3, -0.25) is 0 Å². The number of benzene rings is 2. The van der Waals surface area contributed by atoms with Gasteiger partial charge in [0, 0.05) is 6.07 Å². The van der Waals surface area contributed by atoms with Gasteiger partial charge in [-0.05, 0) is 18.2 Å². The first-order valence-corrected chi connectivity index (χ1v) is 8.17. The molecule has 126 valence electrons. The summed E-state index contributed by atoms with van der Waals surface area (Å²) < 4.78 is 5.44. The zero-order chi connectivity index (χ0) is 18.0. The fourth-order valence-electron chi connectivity index (χ4n) is 2.16. The molecular weight excluding hydrogens is 385 g/mol. The lowest BCUT2D eigenvalue weighted by atomic mass is 10.2. The highest BCUT2D eigenvalue weighted by molar-refractivity contribution is 6.43. The third-order valence-electron chi connectivity index (χ3n) is 3.37. The van der Waals surface area contributed by atoms with Gasteiger partial charge in [-0.1, -0.05) is 46.9 Å². The zero-order valence-electron chi connectivity index (χ0n) is 12.6. The molecule has 0 spiro atoms. The number of nitriles is 1. The van der Waals surface area contributed by atoms with Crippen LogP contribution in [0.2, 0.25) is 15.1 Å². The predicted molar refractivity (Wildman–Crippen MR) is 98.2 cm³/mol. The van der Waals surface area contributed by atoms with Gasteiger partial charge in [0.2, 0.25) is 0 Å². The molecule has 0 aliphatic rings. The molecule has 25 heavy (non-hydrogen) atoms. The van der Waals surface area contributed by atoms with E-state index in [0.29, 0.717) is 10.5 Å². The highest BCUT2D eigenvalue weighted by atomic mass is 35.5. The maximum absolute atomic E-state index is 10.2. The maximum Gasteiger partial charge on any atom is 0.152 e. The van der Waals surface area contributed by atoms with E-state index in [0.717, 1.165) is 5.52 Å². The van der Waals surface area contributed by atoms with Crippen molar-refractivity contribution >= 4 is 51.4 Å². The van der Waals surface area contributed by atoms with Crippen LogP contribution < -0.4 is 4.74 Å². The van der Waals surface area contributed by atoms with Crippen molar-refractivity contribution in [2.75, 3.05) is 6.61 Å². The number of H-pyrrole nitrogens is 1. The van der Waals surface area contributed by atoms with Crippen molar-refractivity contribution in [1.82, 2.24) is 9.97 Å². The number of imidazole rings is 1. The summed E-state index contributed by atoms with van der Waals surface area (Å²) in [6, 6.07) is 12.1. The van der Waals surface area contributed by atoms with Crippen LogP contribution in [0.1, 0.15) is 5.82 Å². The number of para-hydroxylation sites is 2. The van der Waals surface area contributed by atoms with Gasteiger partial charge < -0.3 is 14.8 Å². The number of rotatable bonds is 4. The lowest BCUT2D eigenvalue weighted by Gasteiger charge is -2.09. The van der Waals surface area contributed by atoms with E-state index < -0.39 is 0 Å². The Bertz CT molecular complexity index is 989. The van der Waals surface area contributed by atoms with Crippen LogP contribution in [0.25, 0.3) is 16.6 Å². The summed E-state index contributed by atoms with van der Waals surface area (Å²) in [6.45, 7) is -0.280. The van der Waals surface area contributed by atoms with E-state index in [1.807, 2.05) is 24.3 Å². The van der Waals surface area contributed by atoms with Crippen LogP contribution in [-0.2, 0) is 0 Å². The van der Waals surface area contributed by atoms with Gasteiger partial charge in [0.1, 0.15) is 24.0 Å². The fourth-order valence-corrected chi connectivity index (χ4v) is 2.75. The lowest BCUT2D eigenvalue weighted by molar-refractivity contribution is 0.272. The SMILES string of the molecule is N#C/C(=C(/O)COc1cc(Cl)c(Cl)cc1Cl)c1nc2ccccc2[nH]1. The Morgan fingerprint density at radius 1 is 1.16 bits per heavy atom. The number of fused-ring (bicyclic) bond motifs is 1. The second-order valence-electron chi connectivity index (χ2n) is 5.02. The molecule has 2 N–H and O–H groups in total. The first-order valence-electron chi connectivity index (χ1n) is 7.04. The predicted octanol–water partition coefficient (Wildman–Crippen LogP) is 5.39. The second-order valence-corrected chi connectivity index (χ2v) is 6.24. The van der Waals surface area contributed by atoms with Crippen LogP contribution in [0.3, 0.4) is 0 Å². The molecule has 0 aliphatic heterocycles. The summed E-state index contributed by atoms with van der Waals surface area (Å²) in [4.78, 5) is 7.27. The number of aliphatic hydroxyl groups excluding tert-OH is 1. The average molecular weight is 395 g/mol. The molecule has 8 heteroatoms. The smallest absolute Gasteiger partial charge is 0.152 e. The number of nitrogens with zero attached hydrogens (tertiary/aromatic N) is 2.